The van der Waals surface area contributed by atoms with Crippen LogP contribution < -0.4 is 11.1 Å². The molecule has 1 aliphatic heterocycles. The van der Waals surface area contributed by atoms with Crippen LogP contribution in [0.5, 0.6) is 0 Å². The molecule has 1 unspecified atom stereocenters. The van der Waals surface area contributed by atoms with Crippen LogP contribution >= 0.6 is 0 Å². The molecule has 0 aromatic rings. The van der Waals surface area contributed by atoms with Crippen LogP contribution in [0.3, 0.4) is 0 Å². The number of primary amides is 1. The van der Waals surface area contributed by atoms with Crippen LogP contribution in [-0.4, -0.2) is 43.5 Å². The SMILES string of the molecule is CN1CCCCC1CCNCC(N)=O. The normalized spacial score (nSPS) is 23.6. The molecule has 0 aliphatic carbocycles. The predicted molar refractivity (Wildman–Crippen MR) is 57.0 cm³/mol. The highest BCUT2D eigenvalue weighted by Crippen LogP contribution is 2.16. The fraction of sp³-hybridized carbons (Fsp3) is 0.900. The van der Waals surface area contributed by atoms with Crippen LogP contribution in [0.1, 0.15) is 25.7 Å². The number of hydrogen-bond donors (Lipinski definition) is 2. The minimum atomic E-state index is -0.276. The molecule has 0 aromatic carbocycles. The van der Waals surface area contributed by atoms with Gasteiger partial charge in [0.05, 0.1) is 6.54 Å². The van der Waals surface area contributed by atoms with Crippen LogP contribution in [0.4, 0.5) is 0 Å². The fourth-order valence-electron chi connectivity index (χ4n) is 1.99. The Morgan fingerprint density at radius 2 is 2.36 bits per heavy atom. The van der Waals surface area contributed by atoms with E-state index in [2.05, 4.69) is 17.3 Å². The summed E-state index contributed by atoms with van der Waals surface area (Å²) in [7, 11) is 2.18. The lowest BCUT2D eigenvalue weighted by atomic mass is 10.0. The van der Waals surface area contributed by atoms with E-state index in [0.717, 1.165) is 13.0 Å². The van der Waals surface area contributed by atoms with Gasteiger partial charge in [0, 0.05) is 6.04 Å². The monoisotopic (exact) mass is 199 g/mol. The highest BCUT2D eigenvalue weighted by molar-refractivity contribution is 5.75. The molecule has 1 amide bonds. The molecule has 3 N–H and O–H groups in total. The Hall–Kier alpha value is -0.610. The van der Waals surface area contributed by atoms with Gasteiger partial charge in [-0.2, -0.15) is 0 Å². The summed E-state index contributed by atoms with van der Waals surface area (Å²) in [6.45, 7) is 2.40. The predicted octanol–water partition coefficient (Wildman–Crippen LogP) is -0.0643. The molecule has 0 spiro atoms. The molecule has 0 radical (unpaired) electrons. The first kappa shape index (κ1) is 11.5. The average Bonchev–Trinajstić information content (AvgIpc) is 2.15. The maximum Gasteiger partial charge on any atom is 0.231 e. The summed E-state index contributed by atoms with van der Waals surface area (Å²) in [6, 6.07) is 0.684. The molecule has 4 nitrogen and oxygen atoms in total. The van der Waals surface area contributed by atoms with Crippen LogP contribution in [0, 0.1) is 0 Å². The lowest BCUT2D eigenvalue weighted by Crippen LogP contribution is -2.39. The fourth-order valence-corrected chi connectivity index (χ4v) is 1.99. The minimum absolute atomic E-state index is 0.276. The number of piperidine rings is 1. The van der Waals surface area contributed by atoms with Crippen molar-refractivity contribution < 1.29 is 4.79 Å². The van der Waals surface area contributed by atoms with Crippen molar-refractivity contribution in [3.8, 4) is 0 Å². The number of rotatable bonds is 5. The first-order valence-corrected chi connectivity index (χ1v) is 5.39. The number of hydrogen-bond acceptors (Lipinski definition) is 3. The summed E-state index contributed by atoms with van der Waals surface area (Å²) >= 11 is 0. The third-order valence-corrected chi connectivity index (χ3v) is 2.88. The quantitative estimate of drug-likeness (QED) is 0.610. The molecular weight excluding hydrogens is 178 g/mol. The Balaban J connectivity index is 2.07. The Bertz CT molecular complexity index is 184. The van der Waals surface area contributed by atoms with Crippen LogP contribution in [0.15, 0.2) is 0 Å². The first-order chi connectivity index (χ1) is 6.70. The second-order valence-electron chi connectivity index (χ2n) is 4.06. The summed E-state index contributed by atoms with van der Waals surface area (Å²) in [4.78, 5) is 12.9. The molecule has 0 saturated carbocycles. The van der Waals surface area contributed by atoms with E-state index in [1.165, 1.54) is 25.8 Å². The van der Waals surface area contributed by atoms with Gasteiger partial charge in [-0.1, -0.05) is 6.42 Å². The lowest BCUT2D eigenvalue weighted by Gasteiger charge is -2.32. The molecule has 1 heterocycles. The van der Waals surface area contributed by atoms with Gasteiger partial charge in [0.2, 0.25) is 5.91 Å². The molecule has 0 aromatic heterocycles. The Labute approximate surface area is 85.8 Å². The lowest BCUT2D eigenvalue weighted by molar-refractivity contribution is -0.117. The topological polar surface area (TPSA) is 58.4 Å². The highest BCUT2D eigenvalue weighted by atomic mass is 16.1. The van der Waals surface area contributed by atoms with Gasteiger partial charge < -0.3 is 16.0 Å². The van der Waals surface area contributed by atoms with Crippen molar-refractivity contribution in [2.24, 2.45) is 5.73 Å². The van der Waals surface area contributed by atoms with Crippen molar-refractivity contribution in [3.63, 3.8) is 0 Å². The van der Waals surface area contributed by atoms with E-state index in [0.29, 0.717) is 12.6 Å². The van der Waals surface area contributed by atoms with Crippen molar-refractivity contribution in [1.82, 2.24) is 10.2 Å². The molecule has 82 valence electrons. The minimum Gasteiger partial charge on any atom is -0.369 e. The number of nitrogens with one attached hydrogen (secondary N) is 1. The van der Waals surface area contributed by atoms with Gasteiger partial charge >= 0.3 is 0 Å². The molecule has 1 saturated heterocycles. The number of nitrogens with zero attached hydrogens (tertiary/aromatic N) is 1. The number of likely N-dealkylation sites (tertiary alicyclic amines) is 1. The second kappa shape index (κ2) is 5.98. The van der Waals surface area contributed by atoms with Crippen molar-refractivity contribution in [2.75, 3.05) is 26.7 Å². The van der Waals surface area contributed by atoms with Gasteiger partial charge in [-0.25, -0.2) is 0 Å². The molecule has 1 aliphatic rings. The molecule has 1 rings (SSSR count). The van der Waals surface area contributed by atoms with Gasteiger partial charge in [-0.05, 0) is 39.4 Å². The molecule has 1 fully saturated rings. The first-order valence-electron chi connectivity index (χ1n) is 5.39. The van der Waals surface area contributed by atoms with Gasteiger partial charge in [0.1, 0.15) is 0 Å². The van der Waals surface area contributed by atoms with Gasteiger partial charge in [0.25, 0.3) is 0 Å². The number of nitrogens with two attached hydrogens (primary N) is 1. The second-order valence-corrected chi connectivity index (χ2v) is 4.06. The molecule has 1 atom stereocenters. The smallest absolute Gasteiger partial charge is 0.231 e. The number of amides is 1. The third-order valence-electron chi connectivity index (χ3n) is 2.88. The van der Waals surface area contributed by atoms with Crippen LogP contribution in [0.25, 0.3) is 0 Å². The van der Waals surface area contributed by atoms with E-state index in [-0.39, 0.29) is 5.91 Å². The standard InChI is InChI=1S/C10H21N3O/c1-13-7-3-2-4-9(13)5-6-12-8-10(11)14/h9,12H,2-8H2,1H3,(H2,11,14). The van der Waals surface area contributed by atoms with Gasteiger partial charge in [-0.15, -0.1) is 0 Å². The van der Waals surface area contributed by atoms with Gasteiger partial charge in [0.15, 0.2) is 0 Å². The van der Waals surface area contributed by atoms with Crippen LogP contribution in [-0.2, 0) is 4.79 Å². The average molecular weight is 199 g/mol. The maximum absolute atomic E-state index is 10.5. The van der Waals surface area contributed by atoms with Crippen molar-refractivity contribution >= 4 is 5.91 Å². The highest BCUT2D eigenvalue weighted by Gasteiger charge is 2.17. The van der Waals surface area contributed by atoms with E-state index >= 15 is 0 Å². The van der Waals surface area contributed by atoms with E-state index in [9.17, 15) is 4.79 Å². The zero-order valence-electron chi connectivity index (χ0n) is 8.96. The van der Waals surface area contributed by atoms with E-state index in [4.69, 9.17) is 5.73 Å². The summed E-state index contributed by atoms with van der Waals surface area (Å²) in [5.41, 5.74) is 5.03. The van der Waals surface area contributed by atoms with E-state index < -0.39 is 0 Å². The van der Waals surface area contributed by atoms with Crippen molar-refractivity contribution in [3.05, 3.63) is 0 Å². The Kier molecular flexibility index (Phi) is 4.90. The van der Waals surface area contributed by atoms with Crippen LogP contribution in [0.2, 0.25) is 0 Å². The zero-order chi connectivity index (χ0) is 10.4. The van der Waals surface area contributed by atoms with Crippen molar-refractivity contribution in [1.29, 1.82) is 0 Å². The largest absolute Gasteiger partial charge is 0.369 e. The van der Waals surface area contributed by atoms with E-state index in [1.54, 1.807) is 0 Å². The summed E-state index contributed by atoms with van der Waals surface area (Å²) < 4.78 is 0. The van der Waals surface area contributed by atoms with Gasteiger partial charge in [-0.3, -0.25) is 4.79 Å². The maximum atomic E-state index is 10.5. The van der Waals surface area contributed by atoms with Crippen molar-refractivity contribution in [2.45, 2.75) is 31.7 Å². The number of carbonyl (C=O) groups excluding carboxylic acids is 1. The third kappa shape index (κ3) is 4.07. The molecule has 0 bridgehead atoms. The zero-order valence-corrected chi connectivity index (χ0v) is 8.96. The molecule has 4 heteroatoms. The Morgan fingerprint density at radius 3 is 3.00 bits per heavy atom. The summed E-state index contributed by atoms with van der Waals surface area (Å²) in [5.74, 6) is -0.276. The number of carbonyl (C=O) groups is 1. The van der Waals surface area contributed by atoms with E-state index in [1.807, 2.05) is 0 Å². The Morgan fingerprint density at radius 1 is 1.57 bits per heavy atom. The summed E-state index contributed by atoms with van der Waals surface area (Å²) in [6.07, 6.45) is 5.06. The molecular formula is C10H21N3O. The molecule has 14 heavy (non-hydrogen) atoms. The summed E-state index contributed by atoms with van der Waals surface area (Å²) in [5, 5.41) is 3.05.